The van der Waals surface area contributed by atoms with Crippen molar-refractivity contribution < 1.29 is 4.79 Å². The van der Waals surface area contributed by atoms with Gasteiger partial charge in [0.25, 0.3) is 5.91 Å². The monoisotopic (exact) mass is 272 g/mol. The van der Waals surface area contributed by atoms with Crippen LogP contribution >= 0.6 is 0 Å². The van der Waals surface area contributed by atoms with Crippen molar-refractivity contribution in [3.63, 3.8) is 0 Å². The summed E-state index contributed by atoms with van der Waals surface area (Å²) in [6.45, 7) is 4.02. The van der Waals surface area contributed by atoms with Gasteiger partial charge in [-0.1, -0.05) is 12.1 Å². The van der Waals surface area contributed by atoms with E-state index < -0.39 is 0 Å². The fraction of sp³-hybridized carbons (Fsp3) is 0.357. The van der Waals surface area contributed by atoms with Crippen LogP contribution in [0.15, 0.2) is 29.1 Å². The van der Waals surface area contributed by atoms with E-state index in [1.54, 1.807) is 23.1 Å². The Morgan fingerprint density at radius 2 is 2.20 bits per heavy atom. The molecule has 0 bridgehead atoms. The van der Waals surface area contributed by atoms with Gasteiger partial charge in [0.05, 0.1) is 5.52 Å². The zero-order chi connectivity index (χ0) is 14.1. The number of nitrogens with one attached hydrogen (secondary N) is 2. The predicted octanol–water partition coefficient (Wildman–Crippen LogP) is 0.357. The van der Waals surface area contributed by atoms with E-state index in [2.05, 4.69) is 15.5 Å². The summed E-state index contributed by atoms with van der Waals surface area (Å²) < 4.78 is 0. The van der Waals surface area contributed by atoms with Crippen molar-refractivity contribution >= 4 is 16.8 Å². The standard InChI is InChI=1S/C14H16N4O2/c1-9-8-15-6-7-18(9)14(20)12-13(19)10-4-2-3-5-11(10)16-17-12/h2-5,9,15H,6-8H2,1H3,(H,16,19)/t9-/m1/s1. The molecule has 3 rings (SSSR count). The minimum Gasteiger partial charge on any atom is -0.332 e. The topological polar surface area (TPSA) is 78.1 Å². The quantitative estimate of drug-likeness (QED) is 0.785. The van der Waals surface area contributed by atoms with Crippen LogP contribution in [0.3, 0.4) is 0 Å². The zero-order valence-electron chi connectivity index (χ0n) is 11.2. The van der Waals surface area contributed by atoms with E-state index in [0.717, 1.165) is 13.1 Å². The van der Waals surface area contributed by atoms with E-state index in [0.29, 0.717) is 17.4 Å². The van der Waals surface area contributed by atoms with E-state index in [9.17, 15) is 9.59 Å². The number of amides is 1. The number of aromatic nitrogens is 2. The zero-order valence-corrected chi connectivity index (χ0v) is 11.2. The summed E-state index contributed by atoms with van der Waals surface area (Å²) in [7, 11) is 0. The van der Waals surface area contributed by atoms with Crippen LogP contribution in [0, 0.1) is 0 Å². The maximum Gasteiger partial charge on any atom is 0.278 e. The van der Waals surface area contributed by atoms with Crippen LogP contribution in [0.2, 0.25) is 0 Å². The molecule has 20 heavy (non-hydrogen) atoms. The molecule has 1 aromatic carbocycles. The molecule has 1 aliphatic rings. The number of carbonyl (C=O) groups is 1. The van der Waals surface area contributed by atoms with Gasteiger partial charge in [0.1, 0.15) is 0 Å². The number of fused-ring (bicyclic) bond motifs is 1. The molecule has 6 heteroatoms. The number of piperazine rings is 1. The van der Waals surface area contributed by atoms with Crippen molar-refractivity contribution in [1.82, 2.24) is 20.4 Å². The first kappa shape index (κ1) is 12.8. The van der Waals surface area contributed by atoms with Crippen LogP contribution in [-0.4, -0.2) is 46.7 Å². The van der Waals surface area contributed by atoms with Crippen LogP contribution < -0.4 is 10.7 Å². The van der Waals surface area contributed by atoms with Crippen LogP contribution in [-0.2, 0) is 0 Å². The first-order chi connectivity index (χ1) is 9.68. The number of para-hydroxylation sites is 1. The van der Waals surface area contributed by atoms with Gasteiger partial charge in [-0.2, -0.15) is 5.10 Å². The molecule has 0 radical (unpaired) electrons. The minimum atomic E-state index is -0.310. The molecule has 1 atom stereocenters. The van der Waals surface area contributed by atoms with Crippen molar-refractivity contribution in [2.24, 2.45) is 0 Å². The Labute approximate surface area is 115 Å². The number of carbonyl (C=O) groups excluding carboxylic acids is 1. The molecule has 2 aromatic rings. The summed E-state index contributed by atoms with van der Waals surface area (Å²) >= 11 is 0. The molecular formula is C14H16N4O2. The van der Waals surface area contributed by atoms with Crippen LogP contribution in [0.25, 0.3) is 10.9 Å². The lowest BCUT2D eigenvalue weighted by Crippen LogP contribution is -2.53. The summed E-state index contributed by atoms with van der Waals surface area (Å²) in [5.74, 6) is -0.300. The lowest BCUT2D eigenvalue weighted by atomic mass is 10.1. The van der Waals surface area contributed by atoms with E-state index in [1.165, 1.54) is 0 Å². The third kappa shape index (κ3) is 2.08. The molecule has 0 unspecified atom stereocenters. The normalized spacial score (nSPS) is 19.2. The van der Waals surface area contributed by atoms with Gasteiger partial charge >= 0.3 is 0 Å². The summed E-state index contributed by atoms with van der Waals surface area (Å²) in [5.41, 5.74) is 0.301. The van der Waals surface area contributed by atoms with Gasteiger partial charge in [-0.25, -0.2) is 0 Å². The molecule has 0 aliphatic carbocycles. The highest BCUT2D eigenvalue weighted by Crippen LogP contribution is 2.09. The Hall–Kier alpha value is -2.21. The second kappa shape index (κ2) is 5.05. The van der Waals surface area contributed by atoms with Gasteiger partial charge in [-0.05, 0) is 19.1 Å². The van der Waals surface area contributed by atoms with Gasteiger partial charge in [0, 0.05) is 31.1 Å². The Morgan fingerprint density at radius 3 is 3.00 bits per heavy atom. The van der Waals surface area contributed by atoms with Crippen molar-refractivity contribution in [3.05, 3.63) is 40.2 Å². The molecule has 0 spiro atoms. The fourth-order valence-electron chi connectivity index (χ4n) is 2.50. The first-order valence-electron chi connectivity index (χ1n) is 6.67. The highest BCUT2D eigenvalue weighted by Gasteiger charge is 2.27. The Morgan fingerprint density at radius 1 is 1.40 bits per heavy atom. The number of H-pyrrole nitrogens is 1. The molecule has 1 amide bonds. The van der Waals surface area contributed by atoms with Crippen molar-refractivity contribution in [2.75, 3.05) is 19.6 Å². The third-order valence-electron chi connectivity index (χ3n) is 3.64. The maximum absolute atomic E-state index is 12.5. The summed E-state index contributed by atoms with van der Waals surface area (Å²) in [4.78, 5) is 26.6. The van der Waals surface area contributed by atoms with Crippen LogP contribution in [0.1, 0.15) is 17.4 Å². The number of nitrogens with zero attached hydrogens (tertiary/aromatic N) is 2. The number of aromatic amines is 1. The highest BCUT2D eigenvalue weighted by molar-refractivity contribution is 5.95. The smallest absolute Gasteiger partial charge is 0.278 e. The Balaban J connectivity index is 2.03. The number of benzene rings is 1. The van der Waals surface area contributed by atoms with Gasteiger partial charge in [-0.15, -0.1) is 0 Å². The first-order valence-corrected chi connectivity index (χ1v) is 6.67. The molecular weight excluding hydrogens is 256 g/mol. The molecule has 2 heterocycles. The Bertz CT molecular complexity index is 710. The van der Waals surface area contributed by atoms with E-state index in [4.69, 9.17) is 0 Å². The Kier molecular flexibility index (Phi) is 3.23. The third-order valence-corrected chi connectivity index (χ3v) is 3.64. The molecule has 1 aromatic heterocycles. The average molecular weight is 272 g/mol. The summed E-state index contributed by atoms with van der Waals surface area (Å²) in [5, 5.41) is 10.5. The fourth-order valence-corrected chi connectivity index (χ4v) is 2.50. The van der Waals surface area contributed by atoms with Crippen molar-refractivity contribution in [1.29, 1.82) is 0 Å². The van der Waals surface area contributed by atoms with Crippen LogP contribution in [0.5, 0.6) is 0 Å². The highest BCUT2D eigenvalue weighted by atomic mass is 16.2. The van der Waals surface area contributed by atoms with E-state index in [-0.39, 0.29) is 23.1 Å². The number of hydrogen-bond donors (Lipinski definition) is 2. The minimum absolute atomic E-state index is 0.0301. The van der Waals surface area contributed by atoms with Gasteiger partial charge < -0.3 is 10.2 Å². The van der Waals surface area contributed by atoms with Crippen molar-refractivity contribution in [3.8, 4) is 0 Å². The maximum atomic E-state index is 12.5. The number of rotatable bonds is 1. The SMILES string of the molecule is C[C@@H]1CNCCN1C(=O)c1n[nH]c2ccccc2c1=O. The second-order valence-electron chi connectivity index (χ2n) is 5.00. The molecule has 6 nitrogen and oxygen atoms in total. The number of hydrogen-bond acceptors (Lipinski definition) is 4. The molecule has 2 N–H and O–H groups in total. The van der Waals surface area contributed by atoms with Crippen molar-refractivity contribution in [2.45, 2.75) is 13.0 Å². The second-order valence-corrected chi connectivity index (χ2v) is 5.00. The molecule has 1 saturated heterocycles. The largest absolute Gasteiger partial charge is 0.332 e. The lowest BCUT2D eigenvalue weighted by Gasteiger charge is -2.33. The van der Waals surface area contributed by atoms with E-state index in [1.807, 2.05) is 13.0 Å². The van der Waals surface area contributed by atoms with Crippen LogP contribution in [0.4, 0.5) is 0 Å². The molecule has 1 aliphatic heterocycles. The van der Waals surface area contributed by atoms with Gasteiger partial charge in [0.2, 0.25) is 5.43 Å². The predicted molar refractivity (Wildman–Crippen MR) is 75.7 cm³/mol. The molecule has 104 valence electrons. The summed E-state index contributed by atoms with van der Waals surface area (Å²) in [6.07, 6.45) is 0. The average Bonchev–Trinajstić information content (AvgIpc) is 2.48. The van der Waals surface area contributed by atoms with E-state index >= 15 is 0 Å². The van der Waals surface area contributed by atoms with Gasteiger partial charge in [-0.3, -0.25) is 14.7 Å². The van der Waals surface area contributed by atoms with Gasteiger partial charge in [0.15, 0.2) is 5.69 Å². The molecule has 1 fully saturated rings. The molecule has 0 saturated carbocycles. The summed E-state index contributed by atoms with van der Waals surface area (Å²) in [6, 6.07) is 7.13. The lowest BCUT2D eigenvalue weighted by molar-refractivity contribution is 0.0647.